The van der Waals surface area contributed by atoms with Gasteiger partial charge in [0, 0.05) is 40.9 Å². The Labute approximate surface area is 202 Å². The second kappa shape index (κ2) is 10.1. The van der Waals surface area contributed by atoms with E-state index in [4.69, 9.17) is 0 Å². The fourth-order valence-corrected chi connectivity index (χ4v) is 4.67. The van der Waals surface area contributed by atoms with Crippen molar-refractivity contribution in [2.75, 3.05) is 43.1 Å². The minimum absolute atomic E-state index is 0.0121. The summed E-state index contributed by atoms with van der Waals surface area (Å²) < 4.78 is 0.927. The van der Waals surface area contributed by atoms with Gasteiger partial charge in [0.1, 0.15) is 4.88 Å². The Balaban J connectivity index is 1.54. The standard InChI is InChI=1S/C25H27N5O3S/c1-15-14-26-22-17-13-16(10-11-20(17)34-23(22)25(33)27-15)24(32)29-19-8-5-4-7-18(19)28-21(31)9-6-12-30(2)3/h4-11,13,15,26H,12,14H2,1-3H3,(H,27,33)(H,28,31)(H,29,32)/t15-/m1/s1. The number of benzene rings is 2. The van der Waals surface area contributed by atoms with E-state index in [2.05, 4.69) is 21.3 Å². The van der Waals surface area contributed by atoms with E-state index in [0.29, 0.717) is 34.9 Å². The lowest BCUT2D eigenvalue weighted by Crippen LogP contribution is -2.34. The average Bonchev–Trinajstić information content (AvgIpc) is 3.09. The van der Waals surface area contributed by atoms with Gasteiger partial charge in [-0.15, -0.1) is 11.3 Å². The van der Waals surface area contributed by atoms with Crippen LogP contribution in [0.5, 0.6) is 0 Å². The van der Waals surface area contributed by atoms with Crippen LogP contribution < -0.4 is 21.3 Å². The zero-order valence-electron chi connectivity index (χ0n) is 19.3. The summed E-state index contributed by atoms with van der Waals surface area (Å²) in [6, 6.07) is 12.4. The molecular formula is C25H27N5O3S. The number of thiophene rings is 1. The third-order valence-corrected chi connectivity index (χ3v) is 6.46. The Hall–Kier alpha value is -3.69. The number of para-hydroxylation sites is 2. The number of carbonyl (C=O) groups excluding carboxylic acids is 3. The Bertz CT molecular complexity index is 1280. The Kier molecular flexibility index (Phi) is 6.95. The maximum Gasteiger partial charge on any atom is 0.263 e. The number of anilines is 3. The molecule has 176 valence electrons. The van der Waals surface area contributed by atoms with Gasteiger partial charge in [0.2, 0.25) is 5.91 Å². The van der Waals surface area contributed by atoms with Gasteiger partial charge in [0.15, 0.2) is 0 Å². The Morgan fingerprint density at radius 3 is 2.62 bits per heavy atom. The van der Waals surface area contributed by atoms with Crippen LogP contribution in [0.3, 0.4) is 0 Å². The molecule has 4 N–H and O–H groups in total. The third kappa shape index (κ3) is 5.27. The van der Waals surface area contributed by atoms with Gasteiger partial charge in [-0.2, -0.15) is 0 Å². The number of carbonyl (C=O) groups is 3. The first-order chi connectivity index (χ1) is 16.3. The molecular weight excluding hydrogens is 450 g/mol. The molecule has 0 radical (unpaired) electrons. The summed E-state index contributed by atoms with van der Waals surface area (Å²) in [4.78, 5) is 40.4. The molecule has 4 rings (SSSR count). The van der Waals surface area contributed by atoms with Crippen molar-refractivity contribution >= 4 is 56.2 Å². The van der Waals surface area contributed by atoms with Crippen LogP contribution in [-0.2, 0) is 4.79 Å². The summed E-state index contributed by atoms with van der Waals surface area (Å²) >= 11 is 1.40. The molecule has 0 spiro atoms. The van der Waals surface area contributed by atoms with Gasteiger partial charge in [-0.1, -0.05) is 18.2 Å². The molecule has 0 saturated heterocycles. The predicted molar refractivity (Wildman–Crippen MR) is 138 cm³/mol. The van der Waals surface area contributed by atoms with Gasteiger partial charge in [0.05, 0.1) is 17.1 Å². The van der Waals surface area contributed by atoms with Crippen LogP contribution in [0.15, 0.2) is 54.6 Å². The number of hydrogen-bond donors (Lipinski definition) is 4. The Morgan fingerprint density at radius 1 is 1.15 bits per heavy atom. The summed E-state index contributed by atoms with van der Waals surface area (Å²) in [7, 11) is 3.84. The van der Waals surface area contributed by atoms with E-state index in [1.54, 1.807) is 42.5 Å². The number of nitrogens with one attached hydrogen (secondary N) is 4. The highest BCUT2D eigenvalue weighted by molar-refractivity contribution is 7.21. The van der Waals surface area contributed by atoms with Crippen molar-refractivity contribution in [3.05, 3.63) is 65.1 Å². The molecule has 2 aromatic carbocycles. The lowest BCUT2D eigenvalue weighted by Gasteiger charge is -2.12. The van der Waals surface area contributed by atoms with Crippen molar-refractivity contribution in [3.8, 4) is 0 Å². The fraction of sp³-hybridized carbons (Fsp3) is 0.240. The van der Waals surface area contributed by atoms with E-state index >= 15 is 0 Å². The maximum absolute atomic E-state index is 13.1. The van der Waals surface area contributed by atoms with Gasteiger partial charge < -0.3 is 26.2 Å². The number of nitrogens with zero attached hydrogens (tertiary/aromatic N) is 1. The summed E-state index contributed by atoms with van der Waals surface area (Å²) in [6.45, 7) is 3.20. The molecule has 0 saturated carbocycles. The second-order valence-electron chi connectivity index (χ2n) is 8.43. The molecule has 1 atom stereocenters. The van der Waals surface area contributed by atoms with E-state index in [0.717, 1.165) is 15.8 Å². The number of fused-ring (bicyclic) bond motifs is 3. The molecule has 0 bridgehead atoms. The van der Waals surface area contributed by atoms with Crippen molar-refractivity contribution in [1.29, 1.82) is 0 Å². The van der Waals surface area contributed by atoms with Gasteiger partial charge >= 0.3 is 0 Å². The van der Waals surface area contributed by atoms with E-state index < -0.39 is 0 Å². The summed E-state index contributed by atoms with van der Waals surface area (Å²) in [6.07, 6.45) is 3.24. The molecule has 9 heteroatoms. The molecule has 0 aliphatic carbocycles. The van der Waals surface area contributed by atoms with Gasteiger partial charge in [-0.25, -0.2) is 0 Å². The zero-order valence-corrected chi connectivity index (χ0v) is 20.1. The van der Waals surface area contributed by atoms with Crippen LogP contribution in [0.2, 0.25) is 0 Å². The highest BCUT2D eigenvalue weighted by Gasteiger charge is 2.24. The van der Waals surface area contributed by atoms with Crippen LogP contribution in [-0.4, -0.2) is 55.8 Å². The number of amides is 3. The van der Waals surface area contributed by atoms with Crippen molar-refractivity contribution in [2.45, 2.75) is 13.0 Å². The third-order valence-electron chi connectivity index (χ3n) is 5.29. The van der Waals surface area contributed by atoms with Crippen LogP contribution in [0, 0.1) is 0 Å². The average molecular weight is 478 g/mol. The lowest BCUT2D eigenvalue weighted by atomic mass is 10.1. The molecule has 3 aromatic rings. The van der Waals surface area contributed by atoms with Gasteiger partial charge in [-0.05, 0) is 51.4 Å². The summed E-state index contributed by atoms with van der Waals surface area (Å²) in [5, 5.41) is 12.8. The van der Waals surface area contributed by atoms with E-state index in [1.165, 1.54) is 17.4 Å². The molecule has 1 aliphatic rings. The monoisotopic (exact) mass is 477 g/mol. The minimum atomic E-state index is -0.307. The number of likely N-dealkylation sites (N-methyl/N-ethyl adjacent to an activating group) is 1. The number of hydrogen-bond acceptors (Lipinski definition) is 6. The van der Waals surface area contributed by atoms with Crippen LogP contribution in [0.4, 0.5) is 17.1 Å². The van der Waals surface area contributed by atoms with Crippen molar-refractivity contribution in [3.63, 3.8) is 0 Å². The van der Waals surface area contributed by atoms with Crippen molar-refractivity contribution in [1.82, 2.24) is 10.2 Å². The normalized spacial score (nSPS) is 15.5. The van der Waals surface area contributed by atoms with E-state index in [-0.39, 0.29) is 23.8 Å². The van der Waals surface area contributed by atoms with Crippen LogP contribution >= 0.6 is 11.3 Å². The minimum Gasteiger partial charge on any atom is -0.381 e. The van der Waals surface area contributed by atoms with Gasteiger partial charge in [-0.3, -0.25) is 14.4 Å². The van der Waals surface area contributed by atoms with E-state index in [9.17, 15) is 14.4 Å². The first-order valence-electron chi connectivity index (χ1n) is 11.0. The lowest BCUT2D eigenvalue weighted by molar-refractivity contribution is -0.111. The number of rotatable bonds is 6. The van der Waals surface area contributed by atoms with Crippen molar-refractivity contribution in [2.24, 2.45) is 0 Å². The maximum atomic E-state index is 13.1. The molecule has 2 heterocycles. The smallest absolute Gasteiger partial charge is 0.263 e. The topological polar surface area (TPSA) is 103 Å². The quantitative estimate of drug-likeness (QED) is 0.405. The first kappa shape index (κ1) is 23.5. The van der Waals surface area contributed by atoms with E-state index in [1.807, 2.05) is 32.0 Å². The van der Waals surface area contributed by atoms with Gasteiger partial charge in [0.25, 0.3) is 11.8 Å². The molecule has 1 aromatic heterocycles. The summed E-state index contributed by atoms with van der Waals surface area (Å²) in [5.41, 5.74) is 2.22. The zero-order chi connectivity index (χ0) is 24.2. The molecule has 34 heavy (non-hydrogen) atoms. The Morgan fingerprint density at radius 2 is 1.88 bits per heavy atom. The molecule has 8 nitrogen and oxygen atoms in total. The largest absolute Gasteiger partial charge is 0.381 e. The summed E-state index contributed by atoms with van der Waals surface area (Å²) in [5.74, 6) is -0.688. The highest BCUT2D eigenvalue weighted by Crippen LogP contribution is 2.37. The molecule has 3 amide bonds. The molecule has 0 fully saturated rings. The SMILES string of the molecule is C[C@@H]1CNc2c(sc3ccc(C(=O)Nc4ccccc4NC(=O)C=CCN(C)C)cc23)C(=O)N1. The first-order valence-corrected chi connectivity index (χ1v) is 11.8. The van der Waals surface area contributed by atoms with Crippen LogP contribution in [0.25, 0.3) is 10.1 Å². The highest BCUT2D eigenvalue weighted by atomic mass is 32.1. The second-order valence-corrected chi connectivity index (χ2v) is 9.48. The van der Waals surface area contributed by atoms with Crippen molar-refractivity contribution < 1.29 is 14.4 Å². The molecule has 1 aliphatic heterocycles. The molecule has 0 unspecified atom stereocenters. The predicted octanol–water partition coefficient (Wildman–Crippen LogP) is 3.75. The fourth-order valence-electron chi connectivity index (χ4n) is 3.61. The van der Waals surface area contributed by atoms with Crippen LogP contribution in [0.1, 0.15) is 27.0 Å².